The molecule has 18 heavy (non-hydrogen) atoms. The molecular weight excluding hydrogens is 226 g/mol. The summed E-state index contributed by atoms with van der Waals surface area (Å²) in [4.78, 5) is 6.67. The third-order valence-corrected chi connectivity index (χ3v) is 3.30. The van der Waals surface area contributed by atoms with Crippen LogP contribution in [0.1, 0.15) is 38.1 Å². The Morgan fingerprint density at radius 2 is 1.89 bits per heavy atom. The molecule has 1 aliphatic rings. The Balaban J connectivity index is 1.93. The van der Waals surface area contributed by atoms with Crippen LogP contribution in [0.2, 0.25) is 0 Å². The van der Waals surface area contributed by atoms with Crippen LogP contribution in [0.25, 0.3) is 0 Å². The van der Waals surface area contributed by atoms with E-state index in [2.05, 4.69) is 39.2 Å². The lowest BCUT2D eigenvalue weighted by molar-refractivity contribution is 0.663. The van der Waals surface area contributed by atoms with Gasteiger partial charge in [0, 0.05) is 26.2 Å². The standard InChI is InChI=1S/C13H23N5/c1-4-11-12(5-2)16-17-13(15-11)18(3)9-8-14-10-6-7-10/h10,14H,4-9H2,1-3H3. The molecule has 1 fully saturated rings. The average molecular weight is 249 g/mol. The lowest BCUT2D eigenvalue weighted by Crippen LogP contribution is -2.31. The summed E-state index contributed by atoms with van der Waals surface area (Å²) in [6.45, 7) is 6.11. The molecule has 2 rings (SSSR count). The first-order valence-electron chi connectivity index (χ1n) is 6.91. The van der Waals surface area contributed by atoms with Crippen molar-refractivity contribution < 1.29 is 0 Å². The summed E-state index contributed by atoms with van der Waals surface area (Å²) in [5, 5.41) is 12.0. The topological polar surface area (TPSA) is 53.9 Å². The monoisotopic (exact) mass is 249 g/mol. The molecule has 0 unspecified atom stereocenters. The van der Waals surface area contributed by atoms with E-state index >= 15 is 0 Å². The Hall–Kier alpha value is -1.23. The summed E-state index contributed by atoms with van der Waals surface area (Å²) in [6, 6.07) is 0.756. The van der Waals surface area contributed by atoms with Gasteiger partial charge in [0.25, 0.3) is 0 Å². The summed E-state index contributed by atoms with van der Waals surface area (Å²) < 4.78 is 0. The molecule has 1 N–H and O–H groups in total. The maximum atomic E-state index is 4.60. The van der Waals surface area contributed by atoms with Gasteiger partial charge in [-0.15, -0.1) is 5.10 Å². The van der Waals surface area contributed by atoms with Crippen LogP contribution in [0.4, 0.5) is 5.95 Å². The number of aromatic nitrogens is 3. The Kier molecular flexibility index (Phi) is 4.47. The fourth-order valence-electron chi connectivity index (χ4n) is 1.91. The third-order valence-electron chi connectivity index (χ3n) is 3.30. The highest BCUT2D eigenvalue weighted by atomic mass is 15.3. The minimum Gasteiger partial charge on any atom is -0.341 e. The summed E-state index contributed by atoms with van der Waals surface area (Å²) >= 11 is 0. The molecule has 5 heteroatoms. The number of hydrogen-bond donors (Lipinski definition) is 1. The van der Waals surface area contributed by atoms with E-state index in [1.54, 1.807) is 0 Å². The van der Waals surface area contributed by atoms with E-state index in [1.807, 2.05) is 7.05 Å². The Morgan fingerprint density at radius 3 is 2.50 bits per heavy atom. The van der Waals surface area contributed by atoms with Crippen LogP contribution in [0.15, 0.2) is 0 Å². The SMILES string of the molecule is CCc1nnc(N(C)CCNC2CC2)nc1CC. The normalized spacial score (nSPS) is 14.8. The predicted molar refractivity (Wildman–Crippen MR) is 72.9 cm³/mol. The molecule has 0 radical (unpaired) electrons. The zero-order valence-corrected chi connectivity index (χ0v) is 11.6. The number of anilines is 1. The zero-order chi connectivity index (χ0) is 13.0. The van der Waals surface area contributed by atoms with E-state index in [0.717, 1.165) is 49.3 Å². The smallest absolute Gasteiger partial charge is 0.245 e. The molecule has 1 aromatic rings. The van der Waals surface area contributed by atoms with Gasteiger partial charge in [0.1, 0.15) is 0 Å². The largest absolute Gasteiger partial charge is 0.341 e. The highest BCUT2D eigenvalue weighted by Gasteiger charge is 2.20. The maximum Gasteiger partial charge on any atom is 0.245 e. The second-order valence-corrected chi connectivity index (χ2v) is 4.86. The van der Waals surface area contributed by atoms with Crippen molar-refractivity contribution in [2.75, 3.05) is 25.0 Å². The Morgan fingerprint density at radius 1 is 1.17 bits per heavy atom. The highest BCUT2D eigenvalue weighted by molar-refractivity contribution is 5.29. The van der Waals surface area contributed by atoms with Crippen LogP contribution in [0.3, 0.4) is 0 Å². The quantitative estimate of drug-likeness (QED) is 0.786. The number of aryl methyl sites for hydroxylation is 2. The van der Waals surface area contributed by atoms with Gasteiger partial charge >= 0.3 is 0 Å². The van der Waals surface area contributed by atoms with Gasteiger partial charge in [-0.3, -0.25) is 0 Å². The van der Waals surface area contributed by atoms with E-state index in [1.165, 1.54) is 12.8 Å². The molecular formula is C13H23N5. The predicted octanol–water partition coefficient (Wildman–Crippen LogP) is 1.18. The summed E-state index contributed by atoms with van der Waals surface area (Å²) in [6.07, 6.45) is 4.47. The van der Waals surface area contributed by atoms with E-state index in [-0.39, 0.29) is 0 Å². The van der Waals surface area contributed by atoms with E-state index in [4.69, 9.17) is 0 Å². The van der Waals surface area contributed by atoms with Crippen molar-refractivity contribution in [3.8, 4) is 0 Å². The van der Waals surface area contributed by atoms with Crippen LogP contribution >= 0.6 is 0 Å². The number of nitrogens with zero attached hydrogens (tertiary/aromatic N) is 4. The Labute approximate surface area is 109 Å². The van der Waals surface area contributed by atoms with E-state index in [0.29, 0.717) is 0 Å². The van der Waals surface area contributed by atoms with Crippen molar-refractivity contribution in [3.63, 3.8) is 0 Å². The minimum atomic E-state index is 0.738. The number of likely N-dealkylation sites (N-methyl/N-ethyl adjacent to an activating group) is 1. The summed E-state index contributed by atoms with van der Waals surface area (Å²) in [5.74, 6) is 0.738. The minimum absolute atomic E-state index is 0.738. The lowest BCUT2D eigenvalue weighted by Gasteiger charge is -2.17. The van der Waals surface area contributed by atoms with Gasteiger partial charge in [-0.1, -0.05) is 13.8 Å². The average Bonchev–Trinajstić information content (AvgIpc) is 3.21. The van der Waals surface area contributed by atoms with Crippen molar-refractivity contribution in [1.82, 2.24) is 20.5 Å². The molecule has 0 bridgehead atoms. The molecule has 0 aliphatic heterocycles. The molecule has 1 aliphatic carbocycles. The highest BCUT2D eigenvalue weighted by Crippen LogP contribution is 2.18. The Bertz CT molecular complexity index is 389. The molecule has 0 spiro atoms. The fraction of sp³-hybridized carbons (Fsp3) is 0.769. The van der Waals surface area contributed by atoms with Crippen LogP contribution in [-0.2, 0) is 12.8 Å². The van der Waals surface area contributed by atoms with Gasteiger partial charge in [0.05, 0.1) is 11.4 Å². The number of rotatable bonds is 7. The van der Waals surface area contributed by atoms with E-state index in [9.17, 15) is 0 Å². The molecule has 0 saturated heterocycles. The van der Waals surface area contributed by atoms with Gasteiger partial charge in [0.15, 0.2) is 0 Å². The molecule has 1 saturated carbocycles. The maximum absolute atomic E-state index is 4.60. The van der Waals surface area contributed by atoms with Crippen LogP contribution in [0.5, 0.6) is 0 Å². The van der Waals surface area contributed by atoms with Crippen molar-refractivity contribution in [2.45, 2.75) is 45.6 Å². The summed E-state index contributed by atoms with van der Waals surface area (Å²) in [7, 11) is 2.02. The first-order chi connectivity index (χ1) is 8.74. The molecule has 1 aromatic heterocycles. The van der Waals surface area contributed by atoms with Crippen molar-refractivity contribution in [1.29, 1.82) is 0 Å². The zero-order valence-electron chi connectivity index (χ0n) is 11.6. The first kappa shape index (κ1) is 13.2. The summed E-state index contributed by atoms with van der Waals surface area (Å²) in [5.41, 5.74) is 2.09. The van der Waals surface area contributed by atoms with Crippen molar-refractivity contribution >= 4 is 5.95 Å². The van der Waals surface area contributed by atoms with Crippen molar-refractivity contribution in [2.24, 2.45) is 0 Å². The second kappa shape index (κ2) is 6.09. The van der Waals surface area contributed by atoms with E-state index < -0.39 is 0 Å². The number of nitrogens with one attached hydrogen (secondary N) is 1. The van der Waals surface area contributed by atoms with Crippen LogP contribution in [0, 0.1) is 0 Å². The molecule has 100 valence electrons. The first-order valence-corrected chi connectivity index (χ1v) is 6.91. The second-order valence-electron chi connectivity index (χ2n) is 4.86. The molecule has 0 aromatic carbocycles. The van der Waals surface area contributed by atoms with Gasteiger partial charge in [-0.25, -0.2) is 4.98 Å². The molecule has 5 nitrogen and oxygen atoms in total. The van der Waals surface area contributed by atoms with Gasteiger partial charge in [0.2, 0.25) is 5.95 Å². The lowest BCUT2D eigenvalue weighted by atomic mass is 10.2. The number of hydrogen-bond acceptors (Lipinski definition) is 5. The molecule has 0 atom stereocenters. The van der Waals surface area contributed by atoms with Gasteiger partial charge in [-0.2, -0.15) is 5.10 Å². The van der Waals surface area contributed by atoms with Crippen LogP contribution < -0.4 is 10.2 Å². The fourth-order valence-corrected chi connectivity index (χ4v) is 1.91. The van der Waals surface area contributed by atoms with Gasteiger partial charge < -0.3 is 10.2 Å². The van der Waals surface area contributed by atoms with Crippen LogP contribution in [-0.4, -0.2) is 41.4 Å². The van der Waals surface area contributed by atoms with Crippen molar-refractivity contribution in [3.05, 3.63) is 11.4 Å². The third kappa shape index (κ3) is 3.38. The molecule has 0 amide bonds. The molecule has 1 heterocycles. The van der Waals surface area contributed by atoms with Gasteiger partial charge in [-0.05, 0) is 25.7 Å².